The average Bonchev–Trinajstić information content (AvgIpc) is 2.66. The zero-order chi connectivity index (χ0) is 19.2. The van der Waals surface area contributed by atoms with Crippen molar-refractivity contribution in [2.75, 3.05) is 38.0 Å². The summed E-state index contributed by atoms with van der Waals surface area (Å²) >= 11 is 5.86. The molecule has 1 aliphatic heterocycles. The van der Waals surface area contributed by atoms with Crippen LogP contribution in [-0.2, 0) is 4.79 Å². The van der Waals surface area contributed by atoms with Gasteiger partial charge in [0, 0.05) is 42.9 Å². The maximum atomic E-state index is 12.4. The summed E-state index contributed by atoms with van der Waals surface area (Å²) in [7, 11) is 0. The molecule has 0 radical (unpaired) electrons. The van der Waals surface area contributed by atoms with Crippen LogP contribution in [0, 0.1) is 5.92 Å². The van der Waals surface area contributed by atoms with E-state index in [1.165, 1.54) is 19.3 Å². The van der Waals surface area contributed by atoms with Gasteiger partial charge in [0.25, 0.3) is 0 Å². The van der Waals surface area contributed by atoms with Gasteiger partial charge in [0.15, 0.2) is 0 Å². The predicted molar refractivity (Wildman–Crippen MR) is 108 cm³/mol. The van der Waals surface area contributed by atoms with Crippen molar-refractivity contribution in [1.29, 1.82) is 0 Å². The van der Waals surface area contributed by atoms with Gasteiger partial charge in [-0.1, -0.05) is 31.4 Å². The second-order valence-electron chi connectivity index (χ2n) is 7.64. The molecule has 0 spiro atoms. The lowest BCUT2D eigenvalue weighted by Gasteiger charge is -2.35. The quantitative estimate of drug-likeness (QED) is 0.827. The van der Waals surface area contributed by atoms with Crippen LogP contribution in [0.15, 0.2) is 24.3 Å². The third kappa shape index (κ3) is 5.84. The molecular formula is C20H29ClN4O2. The molecule has 2 atom stereocenters. The molecule has 1 saturated carbocycles. The Kier molecular flexibility index (Phi) is 6.96. The first-order valence-electron chi connectivity index (χ1n) is 9.84. The van der Waals surface area contributed by atoms with Gasteiger partial charge in [-0.2, -0.15) is 0 Å². The number of benzene rings is 1. The number of amides is 3. The van der Waals surface area contributed by atoms with Crippen molar-refractivity contribution in [2.45, 2.75) is 38.6 Å². The lowest BCUT2D eigenvalue weighted by atomic mass is 9.86. The fraction of sp³-hybridized carbons (Fsp3) is 0.600. The molecule has 3 rings (SSSR count). The molecule has 2 aliphatic rings. The second kappa shape index (κ2) is 9.42. The third-order valence-corrected chi connectivity index (χ3v) is 5.83. The highest BCUT2D eigenvalue weighted by Crippen LogP contribution is 2.23. The Hall–Kier alpha value is -1.79. The highest BCUT2D eigenvalue weighted by molar-refractivity contribution is 6.30. The van der Waals surface area contributed by atoms with E-state index in [2.05, 4.69) is 22.5 Å². The van der Waals surface area contributed by atoms with E-state index in [1.54, 1.807) is 29.2 Å². The van der Waals surface area contributed by atoms with Crippen LogP contribution in [-0.4, -0.2) is 60.5 Å². The molecule has 6 nitrogen and oxygen atoms in total. The minimum absolute atomic E-state index is 0.104. The number of piperazine rings is 1. The van der Waals surface area contributed by atoms with Gasteiger partial charge >= 0.3 is 6.03 Å². The van der Waals surface area contributed by atoms with Crippen molar-refractivity contribution in [1.82, 2.24) is 15.1 Å². The minimum atomic E-state index is -0.113. The first-order chi connectivity index (χ1) is 13.0. The van der Waals surface area contributed by atoms with Gasteiger partial charge in [0.2, 0.25) is 5.91 Å². The van der Waals surface area contributed by atoms with Crippen molar-refractivity contribution < 1.29 is 9.59 Å². The largest absolute Gasteiger partial charge is 0.352 e. The number of carbonyl (C=O) groups is 2. The van der Waals surface area contributed by atoms with Crippen LogP contribution in [0.3, 0.4) is 0 Å². The van der Waals surface area contributed by atoms with Crippen molar-refractivity contribution in [3.63, 3.8) is 0 Å². The van der Waals surface area contributed by atoms with E-state index in [0.29, 0.717) is 49.7 Å². The molecule has 148 valence electrons. The van der Waals surface area contributed by atoms with Crippen LogP contribution in [0.5, 0.6) is 0 Å². The normalized spacial score (nSPS) is 23.7. The van der Waals surface area contributed by atoms with Crippen LogP contribution in [0.25, 0.3) is 0 Å². The summed E-state index contributed by atoms with van der Waals surface area (Å²) in [4.78, 5) is 28.6. The number of nitrogens with zero attached hydrogens (tertiary/aromatic N) is 2. The van der Waals surface area contributed by atoms with Gasteiger partial charge < -0.3 is 15.5 Å². The number of halogens is 1. The first kappa shape index (κ1) is 20.0. The number of nitrogens with one attached hydrogen (secondary N) is 2. The predicted octanol–water partition coefficient (Wildman–Crippen LogP) is 3.18. The zero-order valence-electron chi connectivity index (χ0n) is 15.9. The van der Waals surface area contributed by atoms with Crippen molar-refractivity contribution in [2.24, 2.45) is 5.92 Å². The van der Waals surface area contributed by atoms with Crippen LogP contribution in [0.4, 0.5) is 10.5 Å². The summed E-state index contributed by atoms with van der Waals surface area (Å²) in [6, 6.07) is 7.28. The molecule has 1 heterocycles. The summed E-state index contributed by atoms with van der Waals surface area (Å²) in [5, 5.41) is 6.73. The number of hydrogen-bond donors (Lipinski definition) is 2. The standard InChI is InChI=1S/C20H29ClN4O2/c1-15-4-2-3-5-18(15)23-19(26)14-24-10-12-25(13-11-24)20(27)22-17-8-6-16(21)7-9-17/h6-9,15,18H,2-5,10-14H2,1H3,(H,22,27)(H,23,26). The van der Waals surface area contributed by atoms with E-state index in [1.807, 2.05) is 0 Å². The lowest BCUT2D eigenvalue weighted by Crippen LogP contribution is -2.53. The Morgan fingerprint density at radius 1 is 1.07 bits per heavy atom. The molecule has 2 unspecified atom stereocenters. The molecule has 27 heavy (non-hydrogen) atoms. The number of anilines is 1. The molecule has 1 aromatic rings. The van der Waals surface area contributed by atoms with E-state index in [-0.39, 0.29) is 11.9 Å². The summed E-state index contributed by atoms with van der Waals surface area (Å²) in [5.74, 6) is 0.670. The molecule has 1 aromatic carbocycles. The number of hydrogen-bond acceptors (Lipinski definition) is 3. The topological polar surface area (TPSA) is 64.7 Å². The van der Waals surface area contributed by atoms with E-state index in [9.17, 15) is 9.59 Å². The van der Waals surface area contributed by atoms with Crippen molar-refractivity contribution in [3.8, 4) is 0 Å². The number of urea groups is 1. The molecular weight excluding hydrogens is 364 g/mol. The van der Waals surface area contributed by atoms with Crippen molar-refractivity contribution in [3.05, 3.63) is 29.3 Å². The molecule has 0 aromatic heterocycles. The Bertz CT molecular complexity index is 644. The number of rotatable bonds is 4. The van der Waals surface area contributed by atoms with E-state index >= 15 is 0 Å². The van der Waals surface area contributed by atoms with Gasteiger partial charge in [0.1, 0.15) is 0 Å². The van der Waals surface area contributed by atoms with Crippen LogP contribution < -0.4 is 10.6 Å². The van der Waals surface area contributed by atoms with Gasteiger partial charge in [-0.15, -0.1) is 0 Å². The van der Waals surface area contributed by atoms with Crippen LogP contribution in [0.1, 0.15) is 32.6 Å². The summed E-state index contributed by atoms with van der Waals surface area (Å²) in [6.07, 6.45) is 4.77. The minimum Gasteiger partial charge on any atom is -0.352 e. The Morgan fingerprint density at radius 2 is 1.74 bits per heavy atom. The van der Waals surface area contributed by atoms with Gasteiger partial charge in [-0.05, 0) is 43.0 Å². The summed E-state index contributed by atoms with van der Waals surface area (Å²) < 4.78 is 0. The SMILES string of the molecule is CC1CCCCC1NC(=O)CN1CCN(C(=O)Nc2ccc(Cl)cc2)CC1. The van der Waals surface area contributed by atoms with Gasteiger partial charge in [0.05, 0.1) is 6.54 Å². The van der Waals surface area contributed by atoms with Crippen LogP contribution in [0.2, 0.25) is 5.02 Å². The average molecular weight is 393 g/mol. The molecule has 1 saturated heterocycles. The molecule has 1 aliphatic carbocycles. The maximum Gasteiger partial charge on any atom is 0.321 e. The Labute approximate surface area is 166 Å². The molecule has 0 bridgehead atoms. The van der Waals surface area contributed by atoms with Crippen LogP contribution >= 0.6 is 11.6 Å². The van der Waals surface area contributed by atoms with E-state index in [4.69, 9.17) is 11.6 Å². The van der Waals surface area contributed by atoms with Gasteiger partial charge in [-0.25, -0.2) is 4.79 Å². The van der Waals surface area contributed by atoms with E-state index < -0.39 is 0 Å². The summed E-state index contributed by atoms with van der Waals surface area (Å²) in [6.45, 7) is 5.29. The molecule has 3 amide bonds. The Balaban J connectivity index is 1.39. The first-order valence-corrected chi connectivity index (χ1v) is 10.2. The smallest absolute Gasteiger partial charge is 0.321 e. The number of carbonyl (C=O) groups excluding carboxylic acids is 2. The fourth-order valence-corrected chi connectivity index (χ4v) is 3.96. The maximum absolute atomic E-state index is 12.4. The molecule has 2 fully saturated rings. The summed E-state index contributed by atoms with van der Waals surface area (Å²) in [5.41, 5.74) is 0.729. The molecule has 2 N–H and O–H groups in total. The highest BCUT2D eigenvalue weighted by Gasteiger charge is 2.25. The third-order valence-electron chi connectivity index (χ3n) is 5.58. The second-order valence-corrected chi connectivity index (χ2v) is 8.07. The highest BCUT2D eigenvalue weighted by atomic mass is 35.5. The zero-order valence-corrected chi connectivity index (χ0v) is 16.7. The van der Waals surface area contributed by atoms with Gasteiger partial charge in [-0.3, -0.25) is 9.69 Å². The lowest BCUT2D eigenvalue weighted by molar-refractivity contribution is -0.123. The Morgan fingerprint density at radius 3 is 2.41 bits per heavy atom. The fourth-order valence-electron chi connectivity index (χ4n) is 3.83. The van der Waals surface area contributed by atoms with E-state index in [0.717, 1.165) is 12.1 Å². The monoisotopic (exact) mass is 392 g/mol. The van der Waals surface area contributed by atoms with Crippen molar-refractivity contribution >= 4 is 29.2 Å². The molecule has 7 heteroatoms.